The van der Waals surface area contributed by atoms with Crippen LogP contribution in [0.25, 0.3) is 0 Å². The van der Waals surface area contributed by atoms with Crippen molar-refractivity contribution in [3.8, 4) is 0 Å². The van der Waals surface area contributed by atoms with Gasteiger partial charge in [0.05, 0.1) is 5.54 Å². The summed E-state index contributed by atoms with van der Waals surface area (Å²) in [6.07, 6.45) is 17.2. The Hall–Kier alpha value is -1.08. The van der Waals surface area contributed by atoms with E-state index in [-0.39, 0.29) is 5.54 Å². The van der Waals surface area contributed by atoms with Crippen molar-refractivity contribution in [3.05, 3.63) is 47.6 Å². The average molecular weight is 185 g/mol. The van der Waals surface area contributed by atoms with E-state index in [1.54, 1.807) is 0 Å². The maximum Gasteiger partial charge on any atom is 0.0629 e. The molecule has 0 amide bonds. The van der Waals surface area contributed by atoms with Crippen LogP contribution in [-0.2, 0) is 0 Å². The summed E-state index contributed by atoms with van der Waals surface area (Å²) in [5, 5.41) is 3.67. The fourth-order valence-electron chi connectivity index (χ4n) is 2.69. The molecule has 2 aliphatic carbocycles. The molecule has 0 bridgehead atoms. The first-order valence-corrected chi connectivity index (χ1v) is 5.45. The Kier molecular flexibility index (Phi) is 1.74. The van der Waals surface area contributed by atoms with Crippen LogP contribution in [0.5, 0.6) is 0 Å². The zero-order chi connectivity index (χ0) is 9.43. The van der Waals surface area contributed by atoms with Crippen LogP contribution in [0.4, 0.5) is 0 Å². The molecule has 3 rings (SSSR count). The van der Waals surface area contributed by atoms with Gasteiger partial charge in [-0.2, -0.15) is 0 Å². The summed E-state index contributed by atoms with van der Waals surface area (Å²) < 4.78 is 0. The molecule has 0 saturated carbocycles. The number of nitrogens with one attached hydrogen (secondary N) is 1. The van der Waals surface area contributed by atoms with Gasteiger partial charge < -0.3 is 5.32 Å². The van der Waals surface area contributed by atoms with Gasteiger partial charge in [-0.3, -0.25) is 0 Å². The average Bonchev–Trinajstić information content (AvgIpc) is 2.69. The highest BCUT2D eigenvalue weighted by Gasteiger charge is 2.35. The van der Waals surface area contributed by atoms with Gasteiger partial charge in [0, 0.05) is 0 Å². The van der Waals surface area contributed by atoms with Gasteiger partial charge in [0.25, 0.3) is 0 Å². The Balaban J connectivity index is 2.01. The van der Waals surface area contributed by atoms with Crippen molar-refractivity contribution in [1.29, 1.82) is 0 Å². The van der Waals surface area contributed by atoms with Crippen molar-refractivity contribution in [2.24, 2.45) is 0 Å². The van der Waals surface area contributed by atoms with Gasteiger partial charge >= 0.3 is 0 Å². The summed E-state index contributed by atoms with van der Waals surface area (Å²) in [4.78, 5) is 0. The summed E-state index contributed by atoms with van der Waals surface area (Å²) in [6.45, 7) is 1.15. The Morgan fingerprint density at radius 3 is 3.00 bits per heavy atom. The lowest BCUT2D eigenvalue weighted by Crippen LogP contribution is -2.49. The van der Waals surface area contributed by atoms with E-state index in [1.807, 2.05) is 0 Å². The number of hydrogen-bond donors (Lipinski definition) is 1. The lowest BCUT2D eigenvalue weighted by Gasteiger charge is -2.39. The number of rotatable bonds is 0. The molecule has 1 spiro atoms. The van der Waals surface area contributed by atoms with Gasteiger partial charge in [-0.1, -0.05) is 36.5 Å². The van der Waals surface area contributed by atoms with Crippen LogP contribution in [0, 0.1) is 0 Å². The normalized spacial score (nSPS) is 34.3. The van der Waals surface area contributed by atoms with Crippen molar-refractivity contribution in [1.82, 2.24) is 5.32 Å². The largest absolute Gasteiger partial charge is 0.304 e. The highest BCUT2D eigenvalue weighted by Crippen LogP contribution is 2.38. The van der Waals surface area contributed by atoms with Crippen LogP contribution >= 0.6 is 0 Å². The zero-order valence-corrected chi connectivity index (χ0v) is 8.29. The van der Waals surface area contributed by atoms with Gasteiger partial charge in [-0.25, -0.2) is 0 Å². The molecule has 1 unspecified atom stereocenters. The molecule has 0 aromatic carbocycles. The Bertz CT molecular complexity index is 363. The maximum atomic E-state index is 3.67. The van der Waals surface area contributed by atoms with E-state index in [0.29, 0.717) is 0 Å². The van der Waals surface area contributed by atoms with E-state index < -0.39 is 0 Å². The predicted octanol–water partition coefficient (Wildman–Crippen LogP) is 2.49. The molecule has 72 valence electrons. The number of allylic oxidation sites excluding steroid dienone is 5. The third-order valence-corrected chi connectivity index (χ3v) is 3.43. The minimum Gasteiger partial charge on any atom is -0.304 e. The summed E-state index contributed by atoms with van der Waals surface area (Å²) >= 11 is 0. The summed E-state index contributed by atoms with van der Waals surface area (Å²) in [6, 6.07) is 0. The van der Waals surface area contributed by atoms with E-state index in [2.05, 4.69) is 41.8 Å². The first-order valence-electron chi connectivity index (χ1n) is 5.45. The van der Waals surface area contributed by atoms with Crippen molar-refractivity contribution >= 4 is 0 Å². The smallest absolute Gasteiger partial charge is 0.0629 e. The lowest BCUT2D eigenvalue weighted by molar-refractivity contribution is 0.361. The third-order valence-electron chi connectivity index (χ3n) is 3.43. The van der Waals surface area contributed by atoms with E-state index in [9.17, 15) is 0 Å². The molecule has 1 saturated heterocycles. The number of fused-ring (bicyclic) bond motifs is 2. The fraction of sp³-hybridized carbons (Fsp3) is 0.385. The van der Waals surface area contributed by atoms with Crippen LogP contribution < -0.4 is 5.32 Å². The van der Waals surface area contributed by atoms with Gasteiger partial charge in [0.2, 0.25) is 0 Å². The predicted molar refractivity (Wildman–Crippen MR) is 59.0 cm³/mol. The second-order valence-corrected chi connectivity index (χ2v) is 4.28. The summed E-state index contributed by atoms with van der Waals surface area (Å²) in [7, 11) is 0. The fourth-order valence-corrected chi connectivity index (χ4v) is 2.69. The second-order valence-electron chi connectivity index (χ2n) is 4.28. The molecule has 0 aromatic rings. The first-order chi connectivity index (χ1) is 6.91. The third kappa shape index (κ3) is 1.05. The minimum atomic E-state index is 0.159. The molecule has 1 heterocycles. The van der Waals surface area contributed by atoms with Crippen LogP contribution in [0.2, 0.25) is 0 Å². The maximum absolute atomic E-state index is 3.67. The first kappa shape index (κ1) is 8.25. The minimum absolute atomic E-state index is 0.159. The summed E-state index contributed by atoms with van der Waals surface area (Å²) in [5.41, 5.74) is 3.02. The van der Waals surface area contributed by atoms with Gasteiger partial charge in [0.1, 0.15) is 0 Å². The molecule has 1 nitrogen and oxygen atoms in total. The number of piperidine rings is 1. The summed E-state index contributed by atoms with van der Waals surface area (Å²) in [5.74, 6) is 0. The number of hydrogen-bond acceptors (Lipinski definition) is 1. The molecular formula is C13H15N. The molecule has 14 heavy (non-hydrogen) atoms. The molecular weight excluding hydrogens is 170 g/mol. The quantitative estimate of drug-likeness (QED) is 0.611. The van der Waals surface area contributed by atoms with Crippen LogP contribution in [0.15, 0.2) is 47.6 Å². The van der Waals surface area contributed by atoms with E-state index in [1.165, 1.54) is 30.4 Å². The molecule has 1 N–H and O–H groups in total. The van der Waals surface area contributed by atoms with Gasteiger partial charge in [0.15, 0.2) is 0 Å². The molecule has 1 heteroatoms. The van der Waals surface area contributed by atoms with Gasteiger partial charge in [-0.15, -0.1) is 0 Å². The van der Waals surface area contributed by atoms with Crippen LogP contribution in [0.3, 0.4) is 0 Å². The monoisotopic (exact) mass is 185 g/mol. The SMILES string of the molecule is C1=CC2=CC=CC3(CCCCN3)C2=C1. The van der Waals surface area contributed by atoms with Crippen molar-refractivity contribution in [3.63, 3.8) is 0 Å². The molecule has 1 aliphatic heterocycles. The molecule has 0 radical (unpaired) electrons. The van der Waals surface area contributed by atoms with Gasteiger partial charge in [-0.05, 0) is 37.0 Å². The molecule has 3 aliphatic rings. The van der Waals surface area contributed by atoms with E-state index in [4.69, 9.17) is 0 Å². The molecule has 1 fully saturated rings. The second kappa shape index (κ2) is 2.96. The Morgan fingerprint density at radius 1 is 1.14 bits per heavy atom. The Labute approximate surface area is 84.9 Å². The zero-order valence-electron chi connectivity index (χ0n) is 8.29. The van der Waals surface area contributed by atoms with Crippen molar-refractivity contribution in [2.45, 2.75) is 24.8 Å². The van der Waals surface area contributed by atoms with Crippen molar-refractivity contribution < 1.29 is 0 Å². The molecule has 1 atom stereocenters. The standard InChI is InChI=1S/C13H15N/c1-2-10-14-13(8-1)9-4-6-11-5-3-7-12(11)13/h3-7,9,14H,1-2,8,10H2. The van der Waals surface area contributed by atoms with E-state index in [0.717, 1.165) is 6.54 Å². The van der Waals surface area contributed by atoms with Crippen LogP contribution in [0.1, 0.15) is 19.3 Å². The Morgan fingerprint density at radius 2 is 2.14 bits per heavy atom. The topological polar surface area (TPSA) is 12.0 Å². The van der Waals surface area contributed by atoms with Crippen LogP contribution in [-0.4, -0.2) is 12.1 Å². The van der Waals surface area contributed by atoms with Crippen molar-refractivity contribution in [2.75, 3.05) is 6.54 Å². The molecule has 0 aromatic heterocycles. The highest BCUT2D eigenvalue weighted by atomic mass is 15.0. The van der Waals surface area contributed by atoms with E-state index >= 15 is 0 Å². The lowest BCUT2D eigenvalue weighted by atomic mass is 9.77. The highest BCUT2D eigenvalue weighted by molar-refractivity contribution is 5.59.